The summed E-state index contributed by atoms with van der Waals surface area (Å²) in [6.45, 7) is 2.11. The van der Waals surface area contributed by atoms with Gasteiger partial charge in [-0.2, -0.15) is 5.10 Å². The molecule has 4 aromatic rings. The molecule has 0 saturated carbocycles. The predicted molar refractivity (Wildman–Crippen MR) is 113 cm³/mol. The molecule has 9 heteroatoms. The minimum absolute atomic E-state index is 0.163. The molecule has 4 aromatic heterocycles. The summed E-state index contributed by atoms with van der Waals surface area (Å²) in [5, 5.41) is 13.1. The van der Waals surface area contributed by atoms with Crippen molar-refractivity contribution in [1.82, 2.24) is 25.2 Å². The van der Waals surface area contributed by atoms with Gasteiger partial charge in [0.1, 0.15) is 12.2 Å². The first kappa shape index (κ1) is 19.7. The number of hydrogen-bond acceptors (Lipinski definition) is 7. The van der Waals surface area contributed by atoms with Crippen LogP contribution in [-0.4, -0.2) is 32.4 Å². The number of carbonyl (C=O) groups is 1. The summed E-state index contributed by atoms with van der Waals surface area (Å²) in [6, 6.07) is 10.8. The number of rotatable bonds is 7. The lowest BCUT2D eigenvalue weighted by atomic mass is 10.1. The van der Waals surface area contributed by atoms with E-state index in [9.17, 15) is 9.59 Å². The molecule has 1 amide bonds. The van der Waals surface area contributed by atoms with Crippen LogP contribution in [0.25, 0.3) is 21.9 Å². The first-order valence-electron chi connectivity index (χ1n) is 9.35. The summed E-state index contributed by atoms with van der Waals surface area (Å²) < 4.78 is 6.51. The second kappa shape index (κ2) is 8.83. The number of carbonyl (C=O) groups excluding carboxylic acids is 1. The topological polar surface area (TPSA) is 103 Å². The van der Waals surface area contributed by atoms with E-state index in [4.69, 9.17) is 4.52 Å². The fraction of sp³-hybridized carbons (Fsp3) is 0.190. The van der Waals surface area contributed by atoms with Crippen LogP contribution in [0.15, 0.2) is 63.5 Å². The van der Waals surface area contributed by atoms with Crippen molar-refractivity contribution in [3.63, 3.8) is 0 Å². The molecular formula is C21H19N5O3S. The van der Waals surface area contributed by atoms with Gasteiger partial charge in [0.15, 0.2) is 5.76 Å². The highest BCUT2D eigenvalue weighted by atomic mass is 32.1. The van der Waals surface area contributed by atoms with Crippen LogP contribution in [0, 0.1) is 6.92 Å². The molecular weight excluding hydrogens is 402 g/mol. The van der Waals surface area contributed by atoms with Crippen molar-refractivity contribution in [2.45, 2.75) is 19.9 Å². The highest BCUT2D eigenvalue weighted by molar-refractivity contribution is 7.13. The van der Waals surface area contributed by atoms with Crippen molar-refractivity contribution >= 4 is 17.2 Å². The fourth-order valence-electron chi connectivity index (χ4n) is 2.96. The Kier molecular flexibility index (Phi) is 5.80. The number of pyridine rings is 1. The monoisotopic (exact) mass is 421 g/mol. The second-order valence-electron chi connectivity index (χ2n) is 6.67. The van der Waals surface area contributed by atoms with Gasteiger partial charge in [0, 0.05) is 31.1 Å². The number of aromatic nitrogens is 4. The molecule has 4 heterocycles. The molecule has 8 nitrogen and oxygen atoms in total. The molecule has 0 aromatic carbocycles. The van der Waals surface area contributed by atoms with E-state index in [1.54, 1.807) is 18.5 Å². The Bertz CT molecular complexity index is 1200. The van der Waals surface area contributed by atoms with Crippen LogP contribution in [0.4, 0.5) is 0 Å². The minimum atomic E-state index is -0.386. The summed E-state index contributed by atoms with van der Waals surface area (Å²) in [5.74, 6) is 0.188. The first-order valence-corrected chi connectivity index (χ1v) is 10.2. The van der Waals surface area contributed by atoms with Crippen molar-refractivity contribution in [1.29, 1.82) is 0 Å². The average molecular weight is 421 g/mol. The van der Waals surface area contributed by atoms with Crippen molar-refractivity contribution in [3.8, 4) is 21.9 Å². The van der Waals surface area contributed by atoms with Crippen LogP contribution in [0.3, 0.4) is 0 Å². The number of thiophene rings is 1. The van der Waals surface area contributed by atoms with E-state index in [1.165, 1.54) is 22.1 Å². The van der Waals surface area contributed by atoms with Gasteiger partial charge in [-0.15, -0.1) is 11.3 Å². The van der Waals surface area contributed by atoms with Gasteiger partial charge in [-0.1, -0.05) is 11.2 Å². The van der Waals surface area contributed by atoms with Crippen LogP contribution in [0.1, 0.15) is 11.3 Å². The number of amides is 1. The predicted octanol–water partition coefficient (Wildman–Crippen LogP) is 2.69. The van der Waals surface area contributed by atoms with Gasteiger partial charge >= 0.3 is 0 Å². The summed E-state index contributed by atoms with van der Waals surface area (Å²) >= 11 is 1.49. The number of nitrogens with one attached hydrogen (secondary N) is 1. The lowest BCUT2D eigenvalue weighted by molar-refractivity contribution is -0.121. The van der Waals surface area contributed by atoms with Crippen molar-refractivity contribution in [2.75, 3.05) is 6.54 Å². The number of aryl methyl sites for hydroxylation is 1. The van der Waals surface area contributed by atoms with E-state index in [1.807, 2.05) is 36.6 Å². The van der Waals surface area contributed by atoms with Crippen LogP contribution in [0.2, 0.25) is 0 Å². The van der Waals surface area contributed by atoms with Gasteiger partial charge in [-0.05, 0) is 42.5 Å². The summed E-state index contributed by atoms with van der Waals surface area (Å²) in [6.07, 6.45) is 4.11. The van der Waals surface area contributed by atoms with Gasteiger partial charge in [0.25, 0.3) is 5.56 Å². The maximum Gasteiger partial charge on any atom is 0.268 e. The third-order valence-corrected chi connectivity index (χ3v) is 5.30. The van der Waals surface area contributed by atoms with Crippen LogP contribution < -0.4 is 10.9 Å². The molecule has 0 saturated heterocycles. The molecule has 0 aliphatic rings. The third-order valence-electron chi connectivity index (χ3n) is 4.42. The van der Waals surface area contributed by atoms with Crippen molar-refractivity contribution in [3.05, 3.63) is 75.8 Å². The highest BCUT2D eigenvalue weighted by Gasteiger charge is 2.18. The van der Waals surface area contributed by atoms with E-state index in [0.29, 0.717) is 35.7 Å². The molecule has 0 radical (unpaired) electrons. The minimum Gasteiger partial charge on any atom is -0.356 e. The number of nitrogens with zero attached hydrogens (tertiary/aromatic N) is 4. The zero-order chi connectivity index (χ0) is 20.9. The van der Waals surface area contributed by atoms with Gasteiger partial charge < -0.3 is 9.84 Å². The second-order valence-corrected chi connectivity index (χ2v) is 7.62. The van der Waals surface area contributed by atoms with Gasteiger partial charge in [-0.3, -0.25) is 14.6 Å². The highest BCUT2D eigenvalue weighted by Crippen LogP contribution is 2.32. The lowest BCUT2D eigenvalue weighted by Gasteiger charge is -2.10. The molecule has 0 aliphatic carbocycles. The van der Waals surface area contributed by atoms with E-state index in [0.717, 1.165) is 10.4 Å². The van der Waals surface area contributed by atoms with E-state index < -0.39 is 0 Å². The largest absolute Gasteiger partial charge is 0.356 e. The van der Waals surface area contributed by atoms with Crippen LogP contribution in [-0.2, 0) is 17.8 Å². The van der Waals surface area contributed by atoms with E-state index in [-0.39, 0.29) is 18.0 Å². The van der Waals surface area contributed by atoms with Gasteiger partial charge in [0.2, 0.25) is 5.91 Å². The molecule has 0 unspecified atom stereocenters. The normalized spacial score (nSPS) is 10.8. The fourth-order valence-corrected chi connectivity index (χ4v) is 3.69. The van der Waals surface area contributed by atoms with Crippen LogP contribution >= 0.6 is 11.3 Å². The zero-order valence-electron chi connectivity index (χ0n) is 16.2. The first-order chi connectivity index (χ1) is 14.6. The third kappa shape index (κ3) is 4.52. The lowest BCUT2D eigenvalue weighted by Crippen LogP contribution is -2.34. The Morgan fingerprint density at radius 2 is 2.07 bits per heavy atom. The Morgan fingerprint density at radius 3 is 2.77 bits per heavy atom. The smallest absolute Gasteiger partial charge is 0.268 e. The summed E-state index contributed by atoms with van der Waals surface area (Å²) in [4.78, 5) is 29.8. The molecule has 1 N–H and O–H groups in total. The van der Waals surface area contributed by atoms with E-state index in [2.05, 4.69) is 20.6 Å². The SMILES string of the molecule is Cc1cc(-c2cc(=O)n(CC(=O)NCCc3ccncc3)nc2-c2cccs2)on1. The molecule has 30 heavy (non-hydrogen) atoms. The zero-order valence-corrected chi connectivity index (χ0v) is 17.1. The Morgan fingerprint density at radius 1 is 1.23 bits per heavy atom. The molecule has 152 valence electrons. The molecule has 4 rings (SSSR count). The Balaban J connectivity index is 1.54. The van der Waals surface area contributed by atoms with Crippen molar-refractivity contribution < 1.29 is 9.32 Å². The molecule has 0 fully saturated rings. The van der Waals surface area contributed by atoms with E-state index >= 15 is 0 Å². The standard InChI is InChI=1S/C21H19N5O3S/c1-14-11-17(29-25-14)16-12-20(28)26(24-21(16)18-3-2-10-30-18)13-19(27)23-9-6-15-4-7-22-8-5-15/h2-5,7-8,10-12H,6,9,13H2,1H3,(H,23,27). The summed E-state index contributed by atoms with van der Waals surface area (Å²) in [5.41, 5.74) is 2.53. The molecule has 0 spiro atoms. The molecule has 0 atom stereocenters. The average Bonchev–Trinajstić information content (AvgIpc) is 3.42. The van der Waals surface area contributed by atoms with Gasteiger partial charge in [0.05, 0.1) is 16.1 Å². The maximum atomic E-state index is 12.6. The Hall–Kier alpha value is -3.59. The van der Waals surface area contributed by atoms with Crippen LogP contribution in [0.5, 0.6) is 0 Å². The maximum absolute atomic E-state index is 12.6. The number of hydrogen-bond donors (Lipinski definition) is 1. The van der Waals surface area contributed by atoms with Crippen molar-refractivity contribution in [2.24, 2.45) is 0 Å². The summed E-state index contributed by atoms with van der Waals surface area (Å²) in [7, 11) is 0. The Labute approximate surface area is 176 Å². The molecule has 0 bridgehead atoms. The quantitative estimate of drug-likeness (QED) is 0.492. The van der Waals surface area contributed by atoms with Gasteiger partial charge in [-0.25, -0.2) is 4.68 Å². The molecule has 0 aliphatic heterocycles.